The molecule has 0 aliphatic carbocycles. The Kier molecular flexibility index (Phi) is 3.89. The molecule has 0 bridgehead atoms. The number of hydrogen-bond donors (Lipinski definition) is 1. The first-order valence-electron chi connectivity index (χ1n) is 5.94. The van der Waals surface area contributed by atoms with Gasteiger partial charge in [-0.1, -0.05) is 12.1 Å². The Bertz CT molecular complexity index is 526. The third-order valence-corrected chi connectivity index (χ3v) is 2.46. The van der Waals surface area contributed by atoms with Crippen molar-refractivity contribution in [1.82, 2.24) is 9.97 Å². The van der Waals surface area contributed by atoms with Crippen LogP contribution in [0.25, 0.3) is 0 Å². The molecule has 0 spiro atoms. The van der Waals surface area contributed by atoms with E-state index < -0.39 is 0 Å². The van der Waals surface area contributed by atoms with Crippen molar-refractivity contribution in [2.24, 2.45) is 5.73 Å². The number of aryl methyl sites for hydroxylation is 1. The highest BCUT2D eigenvalue weighted by molar-refractivity contribution is 5.32. The lowest BCUT2D eigenvalue weighted by Crippen LogP contribution is -2.17. The third-order valence-electron chi connectivity index (χ3n) is 2.46. The van der Waals surface area contributed by atoms with Crippen molar-refractivity contribution in [3.05, 3.63) is 47.9 Å². The fourth-order valence-corrected chi connectivity index (χ4v) is 1.71. The second-order valence-corrected chi connectivity index (χ2v) is 4.43. The van der Waals surface area contributed by atoms with Crippen molar-refractivity contribution in [1.29, 1.82) is 0 Å². The van der Waals surface area contributed by atoms with Crippen LogP contribution in [0.3, 0.4) is 0 Å². The molecule has 4 heteroatoms. The Morgan fingerprint density at radius 3 is 2.83 bits per heavy atom. The summed E-state index contributed by atoms with van der Waals surface area (Å²) in [6.07, 6.45) is 2.33. The summed E-state index contributed by atoms with van der Waals surface area (Å²) in [5, 5.41) is 0. The van der Waals surface area contributed by atoms with Crippen LogP contribution in [0.4, 0.5) is 0 Å². The summed E-state index contributed by atoms with van der Waals surface area (Å²) in [5.74, 6) is 1.33. The lowest BCUT2D eigenvalue weighted by molar-refractivity contribution is 0.460. The maximum absolute atomic E-state index is 5.79. The minimum absolute atomic E-state index is 0.140. The van der Waals surface area contributed by atoms with Gasteiger partial charge in [0.1, 0.15) is 12.1 Å². The molecule has 0 aliphatic heterocycles. The van der Waals surface area contributed by atoms with Crippen molar-refractivity contribution in [2.75, 3.05) is 0 Å². The van der Waals surface area contributed by atoms with Crippen LogP contribution >= 0.6 is 0 Å². The summed E-state index contributed by atoms with van der Waals surface area (Å²) in [6.45, 7) is 3.89. The maximum atomic E-state index is 5.79. The number of nitrogens with two attached hydrogens (primary N) is 1. The Morgan fingerprint density at radius 1 is 1.28 bits per heavy atom. The van der Waals surface area contributed by atoms with E-state index >= 15 is 0 Å². The van der Waals surface area contributed by atoms with Gasteiger partial charge in [-0.25, -0.2) is 9.97 Å². The molecule has 2 rings (SSSR count). The van der Waals surface area contributed by atoms with Gasteiger partial charge in [-0.3, -0.25) is 0 Å². The first kappa shape index (κ1) is 12.5. The first-order chi connectivity index (χ1) is 8.63. The fraction of sp³-hybridized carbons (Fsp3) is 0.286. The van der Waals surface area contributed by atoms with Crippen LogP contribution in [-0.4, -0.2) is 16.0 Å². The molecule has 1 aromatic heterocycles. The number of benzene rings is 1. The summed E-state index contributed by atoms with van der Waals surface area (Å²) in [6, 6.07) is 9.84. The molecule has 18 heavy (non-hydrogen) atoms. The summed E-state index contributed by atoms with van der Waals surface area (Å²) in [7, 11) is 0. The molecule has 94 valence electrons. The van der Waals surface area contributed by atoms with Crippen molar-refractivity contribution < 1.29 is 4.74 Å². The largest absolute Gasteiger partial charge is 0.439 e. The average Bonchev–Trinajstić information content (AvgIpc) is 2.28. The Hall–Kier alpha value is -1.94. The summed E-state index contributed by atoms with van der Waals surface area (Å²) < 4.78 is 5.69. The Labute approximate surface area is 107 Å². The zero-order valence-electron chi connectivity index (χ0n) is 10.6. The highest BCUT2D eigenvalue weighted by Gasteiger charge is 2.02. The fourth-order valence-electron chi connectivity index (χ4n) is 1.71. The van der Waals surface area contributed by atoms with Gasteiger partial charge in [-0.05, 0) is 38.0 Å². The predicted molar refractivity (Wildman–Crippen MR) is 70.6 cm³/mol. The topological polar surface area (TPSA) is 61.0 Å². The van der Waals surface area contributed by atoms with Gasteiger partial charge in [0.05, 0.1) is 0 Å². The van der Waals surface area contributed by atoms with E-state index in [-0.39, 0.29) is 6.04 Å². The summed E-state index contributed by atoms with van der Waals surface area (Å²) in [5.41, 5.74) is 7.83. The van der Waals surface area contributed by atoms with Crippen LogP contribution in [-0.2, 0) is 6.42 Å². The van der Waals surface area contributed by atoms with E-state index in [0.29, 0.717) is 5.88 Å². The van der Waals surface area contributed by atoms with E-state index in [2.05, 4.69) is 9.97 Å². The molecular formula is C14H17N3O. The smallest absolute Gasteiger partial charge is 0.222 e. The minimum Gasteiger partial charge on any atom is -0.439 e. The van der Waals surface area contributed by atoms with Crippen molar-refractivity contribution in [3.63, 3.8) is 0 Å². The average molecular weight is 243 g/mol. The van der Waals surface area contributed by atoms with Gasteiger partial charge in [0.15, 0.2) is 0 Å². The molecule has 1 aromatic carbocycles. The number of aromatic nitrogens is 2. The molecular weight excluding hydrogens is 226 g/mol. The molecule has 4 nitrogen and oxygen atoms in total. The van der Waals surface area contributed by atoms with E-state index in [4.69, 9.17) is 10.5 Å². The number of rotatable bonds is 4. The molecule has 1 unspecified atom stereocenters. The minimum atomic E-state index is 0.140. The van der Waals surface area contributed by atoms with Crippen LogP contribution in [0.5, 0.6) is 11.6 Å². The van der Waals surface area contributed by atoms with E-state index in [1.165, 1.54) is 6.33 Å². The second kappa shape index (κ2) is 5.60. The van der Waals surface area contributed by atoms with Gasteiger partial charge < -0.3 is 10.5 Å². The van der Waals surface area contributed by atoms with Crippen LogP contribution in [0.15, 0.2) is 36.7 Å². The first-order valence-corrected chi connectivity index (χ1v) is 5.94. The van der Waals surface area contributed by atoms with Gasteiger partial charge in [0.25, 0.3) is 0 Å². The zero-order valence-corrected chi connectivity index (χ0v) is 10.6. The second-order valence-electron chi connectivity index (χ2n) is 4.43. The van der Waals surface area contributed by atoms with E-state index in [1.807, 2.05) is 38.1 Å². The molecule has 0 amide bonds. The number of hydrogen-bond acceptors (Lipinski definition) is 4. The lowest BCUT2D eigenvalue weighted by Gasteiger charge is -2.08. The number of nitrogens with zero attached hydrogens (tertiary/aromatic N) is 2. The third kappa shape index (κ3) is 3.53. The molecule has 0 aliphatic rings. The van der Waals surface area contributed by atoms with Gasteiger partial charge >= 0.3 is 0 Å². The molecule has 1 atom stereocenters. The van der Waals surface area contributed by atoms with Crippen molar-refractivity contribution in [2.45, 2.75) is 26.3 Å². The van der Waals surface area contributed by atoms with Crippen LogP contribution in [0, 0.1) is 6.92 Å². The molecule has 0 saturated heterocycles. The van der Waals surface area contributed by atoms with Crippen LogP contribution in [0.2, 0.25) is 0 Å². The molecule has 2 aromatic rings. The molecule has 1 heterocycles. The van der Waals surface area contributed by atoms with E-state index in [1.54, 1.807) is 6.07 Å². The van der Waals surface area contributed by atoms with Gasteiger partial charge in [0.2, 0.25) is 5.88 Å². The van der Waals surface area contributed by atoms with Gasteiger partial charge in [-0.15, -0.1) is 0 Å². The Balaban J connectivity index is 2.14. The SMILES string of the molecule is Cc1cc(Oc2cccc(CC(C)N)c2)ncn1. The molecule has 2 N–H and O–H groups in total. The summed E-state index contributed by atoms with van der Waals surface area (Å²) >= 11 is 0. The van der Waals surface area contributed by atoms with E-state index in [0.717, 1.165) is 23.4 Å². The number of ether oxygens (including phenoxy) is 1. The quantitative estimate of drug-likeness (QED) is 0.896. The maximum Gasteiger partial charge on any atom is 0.222 e. The monoisotopic (exact) mass is 243 g/mol. The van der Waals surface area contributed by atoms with Gasteiger partial charge in [0, 0.05) is 17.8 Å². The highest BCUT2D eigenvalue weighted by Crippen LogP contribution is 2.20. The van der Waals surface area contributed by atoms with Crippen LogP contribution < -0.4 is 10.5 Å². The zero-order chi connectivity index (χ0) is 13.0. The van der Waals surface area contributed by atoms with Crippen molar-refractivity contribution >= 4 is 0 Å². The molecule has 0 radical (unpaired) electrons. The van der Waals surface area contributed by atoms with Gasteiger partial charge in [-0.2, -0.15) is 0 Å². The molecule has 0 fully saturated rings. The Morgan fingerprint density at radius 2 is 2.11 bits per heavy atom. The standard InChI is InChI=1S/C14H17N3O/c1-10(15)6-12-4-3-5-13(8-12)18-14-7-11(2)16-9-17-14/h3-5,7-10H,6,15H2,1-2H3. The lowest BCUT2D eigenvalue weighted by atomic mass is 10.1. The predicted octanol–water partition coefficient (Wildman–Crippen LogP) is 2.47. The molecule has 0 saturated carbocycles. The van der Waals surface area contributed by atoms with E-state index in [9.17, 15) is 0 Å². The normalized spacial score (nSPS) is 12.2. The highest BCUT2D eigenvalue weighted by atomic mass is 16.5. The van der Waals surface area contributed by atoms with Crippen molar-refractivity contribution in [3.8, 4) is 11.6 Å². The van der Waals surface area contributed by atoms with Crippen LogP contribution in [0.1, 0.15) is 18.2 Å². The summed E-state index contributed by atoms with van der Waals surface area (Å²) in [4.78, 5) is 8.10.